The lowest BCUT2D eigenvalue weighted by Gasteiger charge is -2.01. The first-order valence-electron chi connectivity index (χ1n) is 4.53. The summed E-state index contributed by atoms with van der Waals surface area (Å²) in [5, 5.41) is 10.6. The van der Waals surface area contributed by atoms with Crippen molar-refractivity contribution in [1.82, 2.24) is 9.55 Å². The van der Waals surface area contributed by atoms with Crippen molar-refractivity contribution in [2.45, 2.75) is 26.3 Å². The number of nitro groups is 1. The highest BCUT2D eigenvalue weighted by Crippen LogP contribution is 2.14. The van der Waals surface area contributed by atoms with Crippen molar-refractivity contribution in [3.8, 4) is 0 Å². The summed E-state index contributed by atoms with van der Waals surface area (Å²) in [5.41, 5.74) is 5.35. The van der Waals surface area contributed by atoms with Gasteiger partial charge in [0.15, 0.2) is 5.82 Å². The predicted molar refractivity (Wildman–Crippen MR) is 51.9 cm³/mol. The van der Waals surface area contributed by atoms with Crippen molar-refractivity contribution < 1.29 is 4.92 Å². The number of nitrogens with zero attached hydrogens (tertiary/aromatic N) is 3. The van der Waals surface area contributed by atoms with Gasteiger partial charge in [0.1, 0.15) is 6.20 Å². The minimum absolute atomic E-state index is 0.0551. The van der Waals surface area contributed by atoms with Crippen LogP contribution in [0.5, 0.6) is 0 Å². The molecule has 0 radical (unpaired) electrons. The van der Waals surface area contributed by atoms with Gasteiger partial charge in [-0.05, 0) is 24.3 Å². The van der Waals surface area contributed by atoms with E-state index in [9.17, 15) is 10.1 Å². The molecule has 0 bridgehead atoms. The highest BCUT2D eigenvalue weighted by atomic mass is 16.6. The molecule has 0 aliphatic carbocycles. The molecule has 0 aliphatic rings. The van der Waals surface area contributed by atoms with Crippen LogP contribution >= 0.6 is 0 Å². The molecule has 0 amide bonds. The number of hydrogen-bond acceptors (Lipinski definition) is 4. The zero-order chi connectivity index (χ0) is 10.6. The molecule has 0 atom stereocenters. The van der Waals surface area contributed by atoms with Gasteiger partial charge >= 0.3 is 5.82 Å². The normalized spacial score (nSPS) is 10.4. The van der Waals surface area contributed by atoms with Crippen LogP contribution in [0.1, 0.15) is 18.7 Å². The van der Waals surface area contributed by atoms with E-state index in [2.05, 4.69) is 4.98 Å². The van der Waals surface area contributed by atoms with Gasteiger partial charge in [0.25, 0.3) is 0 Å². The number of aromatic nitrogens is 2. The maximum absolute atomic E-state index is 10.6. The molecule has 1 rings (SSSR count). The molecular formula is C8H14N4O2. The van der Waals surface area contributed by atoms with E-state index in [1.54, 1.807) is 11.5 Å². The summed E-state index contributed by atoms with van der Waals surface area (Å²) in [6, 6.07) is 0. The second-order valence-corrected chi connectivity index (χ2v) is 3.07. The minimum atomic E-state index is -0.414. The third kappa shape index (κ3) is 2.29. The molecule has 0 saturated carbocycles. The van der Waals surface area contributed by atoms with Crippen LogP contribution in [0.4, 0.5) is 5.82 Å². The molecule has 0 aromatic carbocycles. The fraction of sp³-hybridized carbons (Fsp3) is 0.625. The third-order valence-electron chi connectivity index (χ3n) is 2.06. The van der Waals surface area contributed by atoms with Crippen LogP contribution in [0.2, 0.25) is 0 Å². The summed E-state index contributed by atoms with van der Waals surface area (Å²) < 4.78 is 1.61. The number of unbranched alkanes of at least 4 members (excludes halogenated alkanes) is 1. The van der Waals surface area contributed by atoms with Crippen LogP contribution < -0.4 is 5.73 Å². The summed E-state index contributed by atoms with van der Waals surface area (Å²) >= 11 is 0. The van der Waals surface area contributed by atoms with Gasteiger partial charge in [0.2, 0.25) is 0 Å². The van der Waals surface area contributed by atoms with Gasteiger partial charge in [0.05, 0.1) is 6.54 Å². The van der Waals surface area contributed by atoms with Crippen LogP contribution in [0.15, 0.2) is 6.20 Å². The van der Waals surface area contributed by atoms with E-state index in [0.29, 0.717) is 18.9 Å². The predicted octanol–water partition coefficient (Wildman–Crippen LogP) is 0.839. The molecule has 6 heteroatoms. The van der Waals surface area contributed by atoms with Crippen molar-refractivity contribution in [3.63, 3.8) is 0 Å². The zero-order valence-electron chi connectivity index (χ0n) is 8.14. The molecule has 78 valence electrons. The van der Waals surface area contributed by atoms with E-state index in [4.69, 9.17) is 5.73 Å². The van der Waals surface area contributed by atoms with E-state index < -0.39 is 4.92 Å². The average molecular weight is 198 g/mol. The van der Waals surface area contributed by atoms with Gasteiger partial charge in [-0.3, -0.25) is 0 Å². The van der Waals surface area contributed by atoms with Gasteiger partial charge in [0, 0.05) is 6.92 Å². The quantitative estimate of drug-likeness (QED) is 0.431. The minimum Gasteiger partial charge on any atom is -0.358 e. The van der Waals surface area contributed by atoms with Crippen molar-refractivity contribution in [2.75, 3.05) is 6.54 Å². The number of nitrogens with two attached hydrogens (primary N) is 1. The Labute approximate surface area is 81.9 Å². The van der Waals surface area contributed by atoms with Crippen molar-refractivity contribution in [1.29, 1.82) is 0 Å². The summed E-state index contributed by atoms with van der Waals surface area (Å²) in [7, 11) is 0. The Morgan fingerprint density at radius 2 is 2.36 bits per heavy atom. The second-order valence-electron chi connectivity index (χ2n) is 3.07. The maximum Gasteiger partial charge on any atom is 0.342 e. The fourth-order valence-electron chi connectivity index (χ4n) is 1.29. The van der Waals surface area contributed by atoms with Crippen LogP contribution in [-0.2, 0) is 6.54 Å². The topological polar surface area (TPSA) is 87.0 Å². The molecule has 6 nitrogen and oxygen atoms in total. The monoisotopic (exact) mass is 198 g/mol. The largest absolute Gasteiger partial charge is 0.358 e. The summed E-state index contributed by atoms with van der Waals surface area (Å²) in [5.74, 6) is 0.730. The molecule has 14 heavy (non-hydrogen) atoms. The lowest BCUT2D eigenvalue weighted by Crippen LogP contribution is -2.07. The first-order valence-corrected chi connectivity index (χ1v) is 4.53. The summed E-state index contributed by atoms with van der Waals surface area (Å²) in [6.45, 7) is 2.98. The Morgan fingerprint density at radius 1 is 1.64 bits per heavy atom. The standard InChI is InChI=1S/C8H14N4O2/c1-7-10-6-8(12(13)14)11(7)5-3-2-4-9/h6H,2-5,9H2,1H3. The average Bonchev–Trinajstić information content (AvgIpc) is 2.48. The van der Waals surface area contributed by atoms with E-state index in [1.807, 2.05) is 0 Å². The van der Waals surface area contributed by atoms with Crippen LogP contribution in [0, 0.1) is 17.0 Å². The number of aryl methyl sites for hydroxylation is 1. The number of rotatable bonds is 5. The molecule has 1 aromatic heterocycles. The van der Waals surface area contributed by atoms with Crippen molar-refractivity contribution in [2.24, 2.45) is 5.73 Å². The zero-order valence-corrected chi connectivity index (χ0v) is 8.14. The molecule has 0 spiro atoms. The highest BCUT2D eigenvalue weighted by Gasteiger charge is 2.15. The highest BCUT2D eigenvalue weighted by molar-refractivity contribution is 5.18. The lowest BCUT2D eigenvalue weighted by molar-refractivity contribution is -0.392. The summed E-state index contributed by atoms with van der Waals surface area (Å²) in [6.07, 6.45) is 3.00. The van der Waals surface area contributed by atoms with Gasteiger partial charge in [-0.15, -0.1) is 0 Å². The SMILES string of the molecule is Cc1ncc([N+](=O)[O-])n1CCCCN. The Hall–Kier alpha value is -1.43. The first-order chi connectivity index (χ1) is 6.66. The van der Waals surface area contributed by atoms with Crippen LogP contribution in [-0.4, -0.2) is 21.0 Å². The second kappa shape index (κ2) is 4.71. The van der Waals surface area contributed by atoms with E-state index in [-0.39, 0.29) is 5.82 Å². The van der Waals surface area contributed by atoms with Gasteiger partial charge < -0.3 is 15.8 Å². The Morgan fingerprint density at radius 3 is 2.93 bits per heavy atom. The maximum atomic E-state index is 10.6. The summed E-state index contributed by atoms with van der Waals surface area (Å²) in [4.78, 5) is 14.1. The van der Waals surface area contributed by atoms with Crippen molar-refractivity contribution >= 4 is 5.82 Å². The Kier molecular flexibility index (Phi) is 3.58. The van der Waals surface area contributed by atoms with Crippen LogP contribution in [0.3, 0.4) is 0 Å². The van der Waals surface area contributed by atoms with E-state index in [0.717, 1.165) is 12.8 Å². The molecule has 0 fully saturated rings. The van der Waals surface area contributed by atoms with Gasteiger partial charge in [-0.1, -0.05) is 0 Å². The third-order valence-corrected chi connectivity index (χ3v) is 2.06. The molecule has 1 aromatic rings. The Bertz CT molecular complexity index is 321. The number of hydrogen-bond donors (Lipinski definition) is 1. The fourth-order valence-corrected chi connectivity index (χ4v) is 1.29. The van der Waals surface area contributed by atoms with Gasteiger partial charge in [-0.2, -0.15) is 0 Å². The first kappa shape index (κ1) is 10.6. The molecule has 2 N–H and O–H groups in total. The van der Waals surface area contributed by atoms with Crippen LogP contribution in [0.25, 0.3) is 0 Å². The van der Waals surface area contributed by atoms with E-state index >= 15 is 0 Å². The molecule has 1 heterocycles. The lowest BCUT2D eigenvalue weighted by atomic mass is 10.3. The molecular weight excluding hydrogens is 184 g/mol. The van der Waals surface area contributed by atoms with E-state index in [1.165, 1.54) is 6.20 Å². The van der Waals surface area contributed by atoms with Gasteiger partial charge in [-0.25, -0.2) is 9.55 Å². The Balaban J connectivity index is 2.72. The number of imidazole rings is 1. The van der Waals surface area contributed by atoms with Crippen molar-refractivity contribution in [3.05, 3.63) is 22.1 Å². The molecule has 0 aliphatic heterocycles. The molecule has 0 saturated heterocycles. The smallest absolute Gasteiger partial charge is 0.342 e. The molecule has 0 unspecified atom stereocenters.